The van der Waals surface area contributed by atoms with Crippen LogP contribution in [0.2, 0.25) is 0 Å². The molecule has 0 aliphatic rings. The zero-order chi connectivity index (χ0) is 17.8. The Morgan fingerprint density at radius 3 is 2.48 bits per heavy atom. The van der Waals surface area contributed by atoms with Crippen LogP contribution in [0.3, 0.4) is 0 Å². The quantitative estimate of drug-likeness (QED) is 0.684. The highest BCUT2D eigenvalue weighted by Crippen LogP contribution is 2.18. The maximum atomic E-state index is 12.2. The van der Waals surface area contributed by atoms with Gasteiger partial charge in [-0.25, -0.2) is 12.7 Å². The van der Waals surface area contributed by atoms with Crippen LogP contribution in [0.5, 0.6) is 0 Å². The summed E-state index contributed by atoms with van der Waals surface area (Å²) in [5.41, 5.74) is -1.16. The number of furan rings is 1. The monoisotopic (exact) mass is 348 g/mol. The molecule has 23 heavy (non-hydrogen) atoms. The molecule has 10 heteroatoms. The molecule has 1 unspecified atom stereocenters. The van der Waals surface area contributed by atoms with E-state index in [0.717, 1.165) is 10.4 Å². The van der Waals surface area contributed by atoms with Crippen molar-refractivity contribution in [3.63, 3.8) is 0 Å². The summed E-state index contributed by atoms with van der Waals surface area (Å²) in [6, 6.07) is 2.37. The molecule has 0 spiro atoms. The Balaban J connectivity index is 2.98. The number of methoxy groups -OCH3 is 1. The number of carboxylic acid groups (broad SMARTS) is 1. The number of rotatable bonds is 8. The van der Waals surface area contributed by atoms with Gasteiger partial charge in [-0.15, -0.1) is 0 Å². The molecule has 1 atom stereocenters. The van der Waals surface area contributed by atoms with E-state index in [-0.39, 0.29) is 23.9 Å². The first-order chi connectivity index (χ1) is 10.5. The lowest BCUT2D eigenvalue weighted by Gasteiger charge is -2.27. The van der Waals surface area contributed by atoms with Gasteiger partial charge < -0.3 is 19.6 Å². The van der Waals surface area contributed by atoms with E-state index in [1.165, 1.54) is 34.2 Å². The molecule has 0 saturated heterocycles. The second-order valence-corrected chi connectivity index (χ2v) is 7.51. The van der Waals surface area contributed by atoms with E-state index in [0.29, 0.717) is 0 Å². The van der Waals surface area contributed by atoms with Gasteiger partial charge in [-0.3, -0.25) is 9.59 Å². The number of carboxylic acids is 1. The molecule has 0 aliphatic heterocycles. The number of carbonyl (C=O) groups is 2. The lowest BCUT2D eigenvalue weighted by molar-refractivity contribution is -0.139. The SMILES string of the molecule is COCC(C)(CC(=O)O)NC(=O)c1ccc(S(=O)(=O)N(C)C)o1. The average molecular weight is 348 g/mol. The molecule has 1 aromatic heterocycles. The van der Waals surface area contributed by atoms with Crippen molar-refractivity contribution in [2.75, 3.05) is 27.8 Å². The van der Waals surface area contributed by atoms with Gasteiger partial charge in [0.1, 0.15) is 0 Å². The van der Waals surface area contributed by atoms with Gasteiger partial charge >= 0.3 is 5.97 Å². The third-order valence-corrected chi connectivity index (χ3v) is 4.65. The second kappa shape index (κ2) is 7.11. The van der Waals surface area contributed by atoms with E-state index >= 15 is 0 Å². The highest BCUT2D eigenvalue weighted by atomic mass is 32.2. The third-order valence-electron chi connectivity index (χ3n) is 2.96. The van der Waals surface area contributed by atoms with Crippen LogP contribution in [-0.2, 0) is 19.6 Å². The van der Waals surface area contributed by atoms with E-state index in [1.54, 1.807) is 0 Å². The molecule has 1 amide bonds. The Bertz CT molecular complexity index is 680. The van der Waals surface area contributed by atoms with Gasteiger partial charge in [0.2, 0.25) is 5.09 Å². The van der Waals surface area contributed by atoms with Crippen LogP contribution in [0, 0.1) is 0 Å². The lowest BCUT2D eigenvalue weighted by Crippen LogP contribution is -2.50. The van der Waals surface area contributed by atoms with Gasteiger partial charge in [0, 0.05) is 21.2 Å². The summed E-state index contributed by atoms with van der Waals surface area (Å²) in [5, 5.41) is 11.0. The number of nitrogens with one attached hydrogen (secondary N) is 1. The predicted molar refractivity (Wildman–Crippen MR) is 79.6 cm³/mol. The van der Waals surface area contributed by atoms with Crippen molar-refractivity contribution in [2.45, 2.75) is 24.0 Å². The average Bonchev–Trinajstić information content (AvgIpc) is 2.87. The summed E-state index contributed by atoms with van der Waals surface area (Å²) < 4.78 is 34.8. The molecule has 0 fully saturated rings. The molecule has 1 rings (SSSR count). The van der Waals surface area contributed by atoms with Crippen LogP contribution < -0.4 is 5.32 Å². The Morgan fingerprint density at radius 1 is 1.39 bits per heavy atom. The fourth-order valence-corrected chi connectivity index (χ4v) is 2.68. The van der Waals surface area contributed by atoms with Crippen molar-refractivity contribution in [2.24, 2.45) is 0 Å². The van der Waals surface area contributed by atoms with E-state index < -0.39 is 27.4 Å². The molecule has 0 aromatic carbocycles. The van der Waals surface area contributed by atoms with Gasteiger partial charge in [-0.1, -0.05) is 0 Å². The minimum absolute atomic E-state index is 0.0331. The Kier molecular flexibility index (Phi) is 5.92. The molecule has 1 heterocycles. The molecule has 0 saturated carbocycles. The molecule has 0 bridgehead atoms. The van der Waals surface area contributed by atoms with Crippen LogP contribution in [0.25, 0.3) is 0 Å². The number of nitrogens with zero attached hydrogens (tertiary/aromatic N) is 1. The van der Waals surface area contributed by atoms with Gasteiger partial charge in [0.05, 0.1) is 18.6 Å². The number of carbonyl (C=O) groups excluding carboxylic acids is 1. The third kappa shape index (κ3) is 4.78. The van der Waals surface area contributed by atoms with Crippen molar-refractivity contribution in [3.8, 4) is 0 Å². The van der Waals surface area contributed by atoms with Crippen molar-refractivity contribution in [1.29, 1.82) is 0 Å². The number of sulfonamides is 1. The number of aliphatic carboxylic acids is 1. The maximum absolute atomic E-state index is 12.2. The number of amides is 1. The number of hydrogen-bond donors (Lipinski definition) is 2. The summed E-state index contributed by atoms with van der Waals surface area (Å²) in [6.07, 6.45) is -0.365. The summed E-state index contributed by atoms with van der Waals surface area (Å²) in [4.78, 5) is 23.1. The topological polar surface area (TPSA) is 126 Å². The minimum atomic E-state index is -3.79. The van der Waals surface area contributed by atoms with Crippen molar-refractivity contribution in [1.82, 2.24) is 9.62 Å². The van der Waals surface area contributed by atoms with Crippen molar-refractivity contribution < 1.29 is 32.3 Å². The molecule has 9 nitrogen and oxygen atoms in total. The summed E-state index contributed by atoms with van der Waals surface area (Å²) in [7, 11) is 0.248. The second-order valence-electron chi connectivity index (χ2n) is 5.42. The highest BCUT2D eigenvalue weighted by Gasteiger charge is 2.31. The highest BCUT2D eigenvalue weighted by molar-refractivity contribution is 7.88. The van der Waals surface area contributed by atoms with Gasteiger partial charge in [0.25, 0.3) is 15.9 Å². The smallest absolute Gasteiger partial charge is 0.305 e. The molecule has 0 aliphatic carbocycles. The Morgan fingerprint density at radius 2 is 2.00 bits per heavy atom. The first kappa shape index (κ1) is 19.1. The van der Waals surface area contributed by atoms with Crippen LogP contribution in [0.15, 0.2) is 21.6 Å². The van der Waals surface area contributed by atoms with E-state index in [4.69, 9.17) is 14.3 Å². The largest absolute Gasteiger partial charge is 0.481 e. The summed E-state index contributed by atoms with van der Waals surface area (Å²) in [6.45, 7) is 1.47. The lowest BCUT2D eigenvalue weighted by atomic mass is 9.99. The molecular formula is C13H20N2O7S. The van der Waals surface area contributed by atoms with Gasteiger partial charge in [0.15, 0.2) is 5.76 Å². The molecule has 0 radical (unpaired) electrons. The first-order valence-electron chi connectivity index (χ1n) is 6.57. The van der Waals surface area contributed by atoms with Gasteiger partial charge in [-0.2, -0.15) is 0 Å². The predicted octanol–water partition coefficient (Wildman–Crippen LogP) is 0.140. The standard InChI is InChI=1S/C13H20N2O7S/c1-13(8-21-4,7-10(16)17)14-12(18)9-5-6-11(22-9)23(19,20)15(2)3/h5-6H,7-8H2,1-4H3,(H,14,18)(H,16,17). The van der Waals surface area contributed by atoms with E-state index in [9.17, 15) is 18.0 Å². The summed E-state index contributed by atoms with van der Waals surface area (Å²) in [5.74, 6) is -2.08. The number of hydrogen-bond acceptors (Lipinski definition) is 6. The molecular weight excluding hydrogens is 328 g/mol. The summed E-state index contributed by atoms with van der Waals surface area (Å²) >= 11 is 0. The van der Waals surface area contributed by atoms with Crippen molar-refractivity contribution >= 4 is 21.9 Å². The van der Waals surface area contributed by atoms with E-state index in [1.807, 2.05) is 0 Å². The Labute approximate surface area is 134 Å². The van der Waals surface area contributed by atoms with Crippen LogP contribution in [-0.4, -0.2) is 63.1 Å². The zero-order valence-corrected chi connectivity index (χ0v) is 14.1. The fraction of sp³-hybridized carbons (Fsp3) is 0.538. The number of ether oxygens (including phenoxy) is 1. The first-order valence-corrected chi connectivity index (χ1v) is 8.01. The molecule has 1 aromatic rings. The van der Waals surface area contributed by atoms with E-state index in [2.05, 4.69) is 5.32 Å². The normalized spacial score (nSPS) is 14.5. The van der Waals surface area contributed by atoms with Crippen LogP contribution >= 0.6 is 0 Å². The Hall–Kier alpha value is -1.91. The van der Waals surface area contributed by atoms with Gasteiger partial charge in [-0.05, 0) is 19.1 Å². The maximum Gasteiger partial charge on any atom is 0.305 e. The zero-order valence-electron chi connectivity index (χ0n) is 13.3. The van der Waals surface area contributed by atoms with Crippen LogP contribution in [0.1, 0.15) is 23.9 Å². The van der Waals surface area contributed by atoms with Crippen molar-refractivity contribution in [3.05, 3.63) is 17.9 Å². The fourth-order valence-electron chi connectivity index (χ4n) is 1.88. The molecule has 2 N–H and O–H groups in total. The van der Waals surface area contributed by atoms with Crippen LogP contribution in [0.4, 0.5) is 0 Å². The molecule has 130 valence electrons. The minimum Gasteiger partial charge on any atom is -0.481 e.